The summed E-state index contributed by atoms with van der Waals surface area (Å²) in [6.45, 7) is 1.68. The lowest BCUT2D eigenvalue weighted by molar-refractivity contribution is -0.0421. The van der Waals surface area contributed by atoms with Crippen LogP contribution in [-0.4, -0.2) is 56.9 Å². The summed E-state index contributed by atoms with van der Waals surface area (Å²) in [4.78, 5) is 10.7. The van der Waals surface area contributed by atoms with Gasteiger partial charge in [-0.2, -0.15) is 13.9 Å². The highest BCUT2D eigenvalue weighted by molar-refractivity contribution is 9.10. The van der Waals surface area contributed by atoms with Crippen molar-refractivity contribution in [2.45, 2.75) is 50.3 Å². The molecular weight excluding hydrogens is 494 g/mol. The van der Waals surface area contributed by atoms with Gasteiger partial charge in [0.05, 0.1) is 18.1 Å². The van der Waals surface area contributed by atoms with E-state index in [1.54, 1.807) is 24.7 Å². The van der Waals surface area contributed by atoms with E-state index in [0.717, 1.165) is 60.0 Å². The van der Waals surface area contributed by atoms with E-state index in [2.05, 4.69) is 36.3 Å². The smallest absolute Gasteiger partial charge is 0.285 e. The first kappa shape index (κ1) is 22.6. The number of likely N-dealkylation sites (tertiary alicyclic amines) is 1. The van der Waals surface area contributed by atoms with Crippen molar-refractivity contribution in [3.05, 3.63) is 46.8 Å². The molecule has 33 heavy (non-hydrogen) atoms. The molecule has 0 radical (unpaired) electrons. The number of aromatic nitrogens is 4. The summed E-state index contributed by atoms with van der Waals surface area (Å²) < 4.78 is 38.0. The van der Waals surface area contributed by atoms with Crippen LogP contribution in [0.25, 0.3) is 11.0 Å². The Bertz CT molecular complexity index is 1080. The van der Waals surface area contributed by atoms with Crippen molar-refractivity contribution in [1.82, 2.24) is 24.6 Å². The number of halogens is 3. The van der Waals surface area contributed by atoms with E-state index in [1.807, 2.05) is 9.58 Å². The first-order valence-corrected chi connectivity index (χ1v) is 12.2. The van der Waals surface area contributed by atoms with Gasteiger partial charge in [0.25, 0.3) is 5.92 Å². The molecule has 0 aliphatic carbocycles. The molecular formula is C23H27BrF2N6O. The van der Waals surface area contributed by atoms with E-state index in [-0.39, 0.29) is 24.4 Å². The minimum atomic E-state index is -2.88. The molecule has 1 N–H and O–H groups in total. The van der Waals surface area contributed by atoms with Crippen LogP contribution in [0.1, 0.15) is 43.9 Å². The van der Waals surface area contributed by atoms with Crippen LogP contribution in [0.15, 0.2) is 41.3 Å². The highest BCUT2D eigenvalue weighted by Gasteiger charge is 2.35. The Labute approximate surface area is 199 Å². The van der Waals surface area contributed by atoms with Crippen LogP contribution in [-0.2, 0) is 10.7 Å². The topological polar surface area (TPSA) is 68.1 Å². The number of nitrogens with one attached hydrogen (secondary N) is 1. The minimum absolute atomic E-state index is 0.0493. The number of fused-ring (bicyclic) bond motifs is 1. The zero-order valence-corrected chi connectivity index (χ0v) is 19.8. The maximum atomic E-state index is 14.7. The summed E-state index contributed by atoms with van der Waals surface area (Å²) in [5.41, 5.74) is 0.805. The van der Waals surface area contributed by atoms with Crippen LogP contribution in [0.3, 0.4) is 0 Å². The average Bonchev–Trinajstić information content (AvgIpc) is 3.26. The van der Waals surface area contributed by atoms with Crippen LogP contribution in [0, 0.1) is 0 Å². The molecule has 0 amide bonds. The predicted molar refractivity (Wildman–Crippen MR) is 125 cm³/mol. The maximum absolute atomic E-state index is 14.7. The Morgan fingerprint density at radius 2 is 1.88 bits per heavy atom. The van der Waals surface area contributed by atoms with Gasteiger partial charge in [-0.3, -0.25) is 4.90 Å². The van der Waals surface area contributed by atoms with E-state index in [4.69, 9.17) is 4.74 Å². The molecule has 1 unspecified atom stereocenters. The number of ether oxygens (including phenoxy) is 1. The van der Waals surface area contributed by atoms with Crippen LogP contribution >= 0.6 is 15.9 Å². The molecule has 10 heteroatoms. The molecule has 0 saturated carbocycles. The SMILES string of the molecule is FC(F)(CN1CCC(Nc2ncnc3c2cnn3C2CCCCO2)CC1)c1ccc(Br)cc1. The Morgan fingerprint density at radius 1 is 1.09 bits per heavy atom. The van der Waals surface area contributed by atoms with Gasteiger partial charge < -0.3 is 10.1 Å². The van der Waals surface area contributed by atoms with E-state index in [9.17, 15) is 8.78 Å². The Hall–Kier alpha value is -2.17. The number of piperidine rings is 1. The number of anilines is 1. The van der Waals surface area contributed by atoms with Crippen molar-refractivity contribution >= 4 is 32.8 Å². The molecule has 4 heterocycles. The quantitative estimate of drug-likeness (QED) is 0.495. The molecule has 176 valence electrons. The van der Waals surface area contributed by atoms with Gasteiger partial charge in [-0.15, -0.1) is 0 Å². The van der Waals surface area contributed by atoms with Gasteiger partial charge in [-0.05, 0) is 44.2 Å². The highest BCUT2D eigenvalue weighted by atomic mass is 79.9. The predicted octanol–water partition coefficient (Wildman–Crippen LogP) is 4.96. The van der Waals surface area contributed by atoms with Crippen molar-refractivity contribution < 1.29 is 13.5 Å². The lowest BCUT2D eigenvalue weighted by Gasteiger charge is -2.34. The summed E-state index contributed by atoms with van der Waals surface area (Å²) in [5.74, 6) is -2.14. The second-order valence-electron chi connectivity index (χ2n) is 8.78. The van der Waals surface area contributed by atoms with Crippen LogP contribution in [0.4, 0.5) is 14.6 Å². The number of rotatable bonds is 6. The second kappa shape index (κ2) is 9.60. The average molecular weight is 521 g/mol. The van der Waals surface area contributed by atoms with Gasteiger partial charge in [0.2, 0.25) is 0 Å². The Balaban J connectivity index is 1.21. The number of benzene rings is 1. The monoisotopic (exact) mass is 520 g/mol. The summed E-state index contributed by atoms with van der Waals surface area (Å²) in [6, 6.07) is 6.44. The molecule has 0 bridgehead atoms. The first-order valence-electron chi connectivity index (χ1n) is 11.4. The fourth-order valence-corrected chi connectivity index (χ4v) is 4.86. The molecule has 2 fully saturated rings. The summed E-state index contributed by atoms with van der Waals surface area (Å²) >= 11 is 3.30. The summed E-state index contributed by atoms with van der Waals surface area (Å²) in [5, 5.41) is 8.87. The number of hydrogen-bond acceptors (Lipinski definition) is 6. The molecule has 7 nitrogen and oxygen atoms in total. The third-order valence-corrected chi connectivity index (χ3v) is 6.97. The summed E-state index contributed by atoms with van der Waals surface area (Å²) in [7, 11) is 0. The fraction of sp³-hybridized carbons (Fsp3) is 0.522. The van der Waals surface area contributed by atoms with Gasteiger partial charge in [-0.1, -0.05) is 28.1 Å². The van der Waals surface area contributed by atoms with E-state index < -0.39 is 5.92 Å². The minimum Gasteiger partial charge on any atom is -0.367 e. The lowest BCUT2D eigenvalue weighted by Crippen LogP contribution is -2.43. The van der Waals surface area contributed by atoms with E-state index in [1.165, 1.54) is 12.1 Å². The van der Waals surface area contributed by atoms with Crippen LogP contribution in [0.2, 0.25) is 0 Å². The van der Waals surface area contributed by atoms with Gasteiger partial charge >= 0.3 is 0 Å². The third-order valence-electron chi connectivity index (χ3n) is 6.44. The highest BCUT2D eigenvalue weighted by Crippen LogP contribution is 2.32. The van der Waals surface area contributed by atoms with Gasteiger partial charge in [0, 0.05) is 35.8 Å². The molecule has 5 rings (SSSR count). The van der Waals surface area contributed by atoms with Gasteiger partial charge in [0.1, 0.15) is 12.1 Å². The van der Waals surface area contributed by atoms with Gasteiger partial charge in [-0.25, -0.2) is 14.6 Å². The molecule has 2 aromatic heterocycles. The molecule has 2 aliphatic rings. The fourth-order valence-electron chi connectivity index (χ4n) is 4.60. The van der Waals surface area contributed by atoms with Gasteiger partial charge in [0.15, 0.2) is 11.9 Å². The largest absolute Gasteiger partial charge is 0.367 e. The van der Waals surface area contributed by atoms with E-state index >= 15 is 0 Å². The third kappa shape index (κ3) is 5.02. The molecule has 3 aromatic rings. The van der Waals surface area contributed by atoms with Crippen molar-refractivity contribution in [1.29, 1.82) is 0 Å². The van der Waals surface area contributed by atoms with Crippen LogP contribution < -0.4 is 5.32 Å². The second-order valence-corrected chi connectivity index (χ2v) is 9.69. The van der Waals surface area contributed by atoms with Crippen LogP contribution in [0.5, 0.6) is 0 Å². The zero-order valence-electron chi connectivity index (χ0n) is 18.3. The number of nitrogens with zero attached hydrogens (tertiary/aromatic N) is 5. The van der Waals surface area contributed by atoms with Crippen molar-refractivity contribution in [3.63, 3.8) is 0 Å². The number of alkyl halides is 2. The molecule has 2 aliphatic heterocycles. The molecule has 1 aromatic carbocycles. The standard InChI is InChI=1S/C23H27BrF2N6O/c24-17-6-4-16(5-7-17)23(25,26)14-31-10-8-18(9-11-31)30-21-19-13-29-32(22(19)28-15-27-21)20-3-1-2-12-33-20/h4-7,13,15,18,20H,1-3,8-12,14H2,(H,27,28,30). The summed E-state index contributed by atoms with van der Waals surface area (Å²) in [6.07, 6.45) is 7.88. The normalized spacial score (nSPS) is 20.9. The Kier molecular flexibility index (Phi) is 6.58. The molecule has 1 atom stereocenters. The lowest BCUT2D eigenvalue weighted by atomic mass is 10.0. The maximum Gasteiger partial charge on any atom is 0.285 e. The molecule has 0 spiro atoms. The van der Waals surface area contributed by atoms with Crippen molar-refractivity contribution in [2.24, 2.45) is 0 Å². The number of hydrogen-bond donors (Lipinski definition) is 1. The van der Waals surface area contributed by atoms with Crippen molar-refractivity contribution in [3.8, 4) is 0 Å². The van der Waals surface area contributed by atoms with E-state index in [0.29, 0.717) is 13.1 Å². The first-order chi connectivity index (χ1) is 16.0. The Morgan fingerprint density at radius 3 is 2.61 bits per heavy atom. The zero-order chi connectivity index (χ0) is 22.8. The van der Waals surface area contributed by atoms with Crippen molar-refractivity contribution in [2.75, 3.05) is 31.6 Å². The molecule has 2 saturated heterocycles.